The van der Waals surface area contributed by atoms with Crippen molar-refractivity contribution in [2.75, 3.05) is 0 Å². The molecule has 1 heteroatoms. The summed E-state index contributed by atoms with van der Waals surface area (Å²) in [5.41, 5.74) is 0. The molecule has 3 unspecified atom stereocenters. The van der Waals surface area contributed by atoms with Gasteiger partial charge in [-0.15, -0.1) is 0 Å². The highest BCUT2D eigenvalue weighted by Crippen LogP contribution is 2.32. The molecule has 1 N–H and O–H groups in total. The van der Waals surface area contributed by atoms with Crippen LogP contribution in [0.15, 0.2) is 0 Å². The summed E-state index contributed by atoms with van der Waals surface area (Å²) in [6, 6.07) is 1.66. The summed E-state index contributed by atoms with van der Waals surface area (Å²) >= 11 is 0. The molecule has 2 aliphatic carbocycles. The Kier molecular flexibility index (Phi) is 5.54. The second-order valence-electron chi connectivity index (χ2n) is 7.14. The minimum absolute atomic E-state index is 0.823. The lowest BCUT2D eigenvalue weighted by Gasteiger charge is -2.37. The molecule has 0 aromatic heterocycles. The summed E-state index contributed by atoms with van der Waals surface area (Å²) in [6.45, 7) is 7.20. The summed E-state index contributed by atoms with van der Waals surface area (Å²) in [6.07, 6.45) is 12.9. The molecule has 0 aliphatic heterocycles. The van der Waals surface area contributed by atoms with Gasteiger partial charge in [-0.1, -0.05) is 33.6 Å². The maximum absolute atomic E-state index is 3.97. The van der Waals surface area contributed by atoms with Crippen LogP contribution < -0.4 is 5.32 Å². The molecule has 0 heterocycles. The van der Waals surface area contributed by atoms with Gasteiger partial charge in [0.05, 0.1) is 0 Å². The lowest BCUT2D eigenvalue weighted by atomic mass is 9.78. The molecular weight excluding hydrogens is 218 g/mol. The minimum atomic E-state index is 0.823. The van der Waals surface area contributed by atoms with Crippen molar-refractivity contribution in [3.05, 3.63) is 0 Å². The highest BCUT2D eigenvalue weighted by Gasteiger charge is 2.27. The van der Waals surface area contributed by atoms with Crippen molar-refractivity contribution in [2.45, 2.75) is 90.6 Å². The molecule has 0 saturated heterocycles. The highest BCUT2D eigenvalue weighted by molar-refractivity contribution is 4.85. The van der Waals surface area contributed by atoms with Crippen LogP contribution in [0.3, 0.4) is 0 Å². The molecule has 0 spiro atoms. The summed E-state index contributed by atoms with van der Waals surface area (Å²) < 4.78 is 0. The average molecular weight is 251 g/mol. The van der Waals surface area contributed by atoms with E-state index >= 15 is 0 Å². The normalized spacial score (nSPS) is 41.8. The molecule has 0 bridgehead atoms. The van der Waals surface area contributed by atoms with Gasteiger partial charge in [-0.05, 0) is 62.7 Å². The third-order valence-corrected chi connectivity index (χ3v) is 5.61. The number of rotatable bonds is 4. The van der Waals surface area contributed by atoms with E-state index in [2.05, 4.69) is 26.1 Å². The Bertz CT molecular complexity index is 230. The van der Waals surface area contributed by atoms with Crippen LogP contribution in [0.5, 0.6) is 0 Å². The fraction of sp³-hybridized carbons (Fsp3) is 1.00. The van der Waals surface area contributed by atoms with Gasteiger partial charge in [0.2, 0.25) is 0 Å². The third kappa shape index (κ3) is 3.98. The van der Waals surface area contributed by atoms with Crippen LogP contribution in [0.1, 0.15) is 78.6 Å². The van der Waals surface area contributed by atoms with Crippen LogP contribution in [-0.2, 0) is 0 Å². The molecule has 0 aromatic rings. The van der Waals surface area contributed by atoms with Gasteiger partial charge in [0.25, 0.3) is 0 Å². The zero-order valence-corrected chi connectivity index (χ0v) is 12.8. The molecule has 0 aromatic carbocycles. The van der Waals surface area contributed by atoms with Crippen LogP contribution >= 0.6 is 0 Å². The van der Waals surface area contributed by atoms with Gasteiger partial charge >= 0.3 is 0 Å². The van der Waals surface area contributed by atoms with Crippen molar-refractivity contribution >= 4 is 0 Å². The molecule has 2 saturated carbocycles. The first kappa shape index (κ1) is 14.4. The molecule has 2 aliphatic rings. The van der Waals surface area contributed by atoms with Crippen molar-refractivity contribution in [3.63, 3.8) is 0 Å². The average Bonchev–Trinajstić information content (AvgIpc) is 2.37. The molecule has 0 amide bonds. The molecule has 18 heavy (non-hydrogen) atoms. The minimum Gasteiger partial charge on any atom is -0.311 e. The zero-order valence-electron chi connectivity index (χ0n) is 12.8. The standard InChI is InChI=1S/C17H33N/c1-4-5-15-7-10-16(11-8-15)18-17-9-6-13(2)14(3)12-17/h13-18H,4-12H2,1-3H3. The van der Waals surface area contributed by atoms with E-state index in [1.165, 1.54) is 57.8 Å². The first-order valence-electron chi connectivity index (χ1n) is 8.45. The summed E-state index contributed by atoms with van der Waals surface area (Å²) in [5.74, 6) is 2.91. The lowest BCUT2D eigenvalue weighted by molar-refractivity contribution is 0.191. The topological polar surface area (TPSA) is 12.0 Å². The van der Waals surface area contributed by atoms with E-state index in [0.717, 1.165) is 29.8 Å². The monoisotopic (exact) mass is 251 g/mol. The van der Waals surface area contributed by atoms with Crippen molar-refractivity contribution in [1.82, 2.24) is 5.32 Å². The first-order valence-corrected chi connectivity index (χ1v) is 8.45. The van der Waals surface area contributed by atoms with Crippen molar-refractivity contribution in [2.24, 2.45) is 17.8 Å². The Morgan fingerprint density at radius 3 is 2.11 bits per heavy atom. The summed E-state index contributed by atoms with van der Waals surface area (Å²) in [4.78, 5) is 0. The lowest BCUT2D eigenvalue weighted by Crippen LogP contribution is -2.43. The van der Waals surface area contributed by atoms with Gasteiger partial charge < -0.3 is 5.32 Å². The third-order valence-electron chi connectivity index (χ3n) is 5.61. The van der Waals surface area contributed by atoms with Crippen LogP contribution in [0.4, 0.5) is 0 Å². The Hall–Kier alpha value is -0.0400. The van der Waals surface area contributed by atoms with Gasteiger partial charge in [0, 0.05) is 12.1 Å². The van der Waals surface area contributed by atoms with E-state index in [0.29, 0.717) is 0 Å². The Labute approximate surface area is 114 Å². The van der Waals surface area contributed by atoms with E-state index in [1.54, 1.807) is 0 Å². The van der Waals surface area contributed by atoms with Crippen molar-refractivity contribution < 1.29 is 0 Å². The first-order chi connectivity index (χ1) is 8.69. The number of nitrogens with one attached hydrogen (secondary N) is 1. The maximum Gasteiger partial charge on any atom is 0.00723 e. The fourth-order valence-corrected chi connectivity index (χ4v) is 4.06. The smallest absolute Gasteiger partial charge is 0.00723 e. The fourth-order valence-electron chi connectivity index (χ4n) is 4.06. The quantitative estimate of drug-likeness (QED) is 0.759. The van der Waals surface area contributed by atoms with E-state index in [9.17, 15) is 0 Å². The van der Waals surface area contributed by atoms with Crippen LogP contribution in [0.25, 0.3) is 0 Å². The molecule has 2 fully saturated rings. The SMILES string of the molecule is CCCC1CCC(NC2CCC(C)C(C)C2)CC1. The van der Waals surface area contributed by atoms with Crippen LogP contribution in [-0.4, -0.2) is 12.1 Å². The van der Waals surface area contributed by atoms with Gasteiger partial charge in [-0.2, -0.15) is 0 Å². The van der Waals surface area contributed by atoms with Crippen molar-refractivity contribution in [3.8, 4) is 0 Å². The summed E-state index contributed by atoms with van der Waals surface area (Å²) in [5, 5.41) is 3.97. The molecule has 0 radical (unpaired) electrons. The second-order valence-corrected chi connectivity index (χ2v) is 7.14. The zero-order chi connectivity index (χ0) is 13.0. The number of hydrogen-bond donors (Lipinski definition) is 1. The van der Waals surface area contributed by atoms with E-state index < -0.39 is 0 Å². The number of hydrogen-bond acceptors (Lipinski definition) is 1. The van der Waals surface area contributed by atoms with E-state index in [1.807, 2.05) is 0 Å². The molecule has 3 atom stereocenters. The molecule has 1 nitrogen and oxygen atoms in total. The van der Waals surface area contributed by atoms with Gasteiger partial charge in [0.1, 0.15) is 0 Å². The molecule has 106 valence electrons. The molecular formula is C17H33N. The van der Waals surface area contributed by atoms with E-state index in [-0.39, 0.29) is 0 Å². The van der Waals surface area contributed by atoms with Crippen LogP contribution in [0.2, 0.25) is 0 Å². The molecule has 2 rings (SSSR count). The Balaban J connectivity index is 1.68. The van der Waals surface area contributed by atoms with Gasteiger partial charge in [-0.3, -0.25) is 0 Å². The Morgan fingerprint density at radius 1 is 0.833 bits per heavy atom. The summed E-state index contributed by atoms with van der Waals surface area (Å²) in [7, 11) is 0. The van der Waals surface area contributed by atoms with Crippen LogP contribution in [0, 0.1) is 17.8 Å². The maximum atomic E-state index is 3.97. The highest BCUT2D eigenvalue weighted by atomic mass is 15.0. The second kappa shape index (κ2) is 6.93. The van der Waals surface area contributed by atoms with Gasteiger partial charge in [-0.25, -0.2) is 0 Å². The predicted octanol–water partition coefficient (Wildman–Crippen LogP) is 4.76. The van der Waals surface area contributed by atoms with E-state index in [4.69, 9.17) is 0 Å². The predicted molar refractivity (Wildman–Crippen MR) is 79.8 cm³/mol. The van der Waals surface area contributed by atoms with Crippen molar-refractivity contribution in [1.29, 1.82) is 0 Å². The van der Waals surface area contributed by atoms with Gasteiger partial charge in [0.15, 0.2) is 0 Å². The Morgan fingerprint density at radius 2 is 1.50 bits per heavy atom. The largest absolute Gasteiger partial charge is 0.311 e.